The minimum absolute atomic E-state index is 0.0797. The van der Waals surface area contributed by atoms with Gasteiger partial charge < -0.3 is 10.6 Å². The highest BCUT2D eigenvalue weighted by molar-refractivity contribution is 6.31. The van der Waals surface area contributed by atoms with E-state index in [4.69, 9.17) is 11.6 Å². The van der Waals surface area contributed by atoms with Gasteiger partial charge in [-0.05, 0) is 36.2 Å². The number of carbonyl (C=O) groups is 1. The van der Waals surface area contributed by atoms with Crippen molar-refractivity contribution >= 4 is 23.2 Å². The molecule has 0 unspecified atom stereocenters. The maximum Gasteiger partial charge on any atom is 0.251 e. The number of amides is 1. The Morgan fingerprint density at radius 3 is 2.60 bits per heavy atom. The normalized spacial score (nSPS) is 10.2. The van der Waals surface area contributed by atoms with E-state index in [0.29, 0.717) is 12.1 Å². The van der Waals surface area contributed by atoms with Gasteiger partial charge in [0.1, 0.15) is 0 Å². The molecule has 0 fully saturated rings. The molecule has 0 aliphatic heterocycles. The minimum atomic E-state index is -0.0797. The smallest absolute Gasteiger partial charge is 0.251 e. The Balaban J connectivity index is 2.18. The number of hydrogen-bond donors (Lipinski definition) is 2. The van der Waals surface area contributed by atoms with Gasteiger partial charge in [0.2, 0.25) is 0 Å². The summed E-state index contributed by atoms with van der Waals surface area (Å²) < 4.78 is 0. The molecule has 0 atom stereocenters. The summed E-state index contributed by atoms with van der Waals surface area (Å²) in [5, 5.41) is 6.71. The van der Waals surface area contributed by atoms with Gasteiger partial charge in [-0.15, -0.1) is 0 Å². The molecule has 4 heteroatoms. The third-order valence-corrected chi connectivity index (χ3v) is 3.60. The van der Waals surface area contributed by atoms with E-state index in [0.717, 1.165) is 21.8 Å². The summed E-state index contributed by atoms with van der Waals surface area (Å²) >= 11 is 6.13. The van der Waals surface area contributed by atoms with E-state index < -0.39 is 0 Å². The van der Waals surface area contributed by atoms with Gasteiger partial charge in [0, 0.05) is 29.9 Å². The summed E-state index contributed by atoms with van der Waals surface area (Å²) in [7, 11) is 1.63. The maximum absolute atomic E-state index is 11.8. The molecule has 0 aliphatic rings. The van der Waals surface area contributed by atoms with Crippen LogP contribution in [-0.2, 0) is 6.54 Å². The number of nitrogens with one attached hydrogen (secondary N) is 2. The van der Waals surface area contributed by atoms with Crippen LogP contribution < -0.4 is 10.6 Å². The highest BCUT2D eigenvalue weighted by Crippen LogP contribution is 2.21. The molecule has 0 radical (unpaired) electrons. The minimum Gasteiger partial charge on any atom is -0.381 e. The number of anilines is 1. The van der Waals surface area contributed by atoms with E-state index in [2.05, 4.69) is 10.6 Å². The van der Waals surface area contributed by atoms with Crippen molar-refractivity contribution < 1.29 is 4.79 Å². The van der Waals surface area contributed by atoms with Crippen LogP contribution >= 0.6 is 11.6 Å². The fourth-order valence-electron chi connectivity index (χ4n) is 2.04. The first-order valence-electron chi connectivity index (χ1n) is 6.42. The molecule has 0 bridgehead atoms. The van der Waals surface area contributed by atoms with Crippen LogP contribution in [0.2, 0.25) is 5.02 Å². The molecule has 0 aromatic heterocycles. The van der Waals surface area contributed by atoms with Crippen molar-refractivity contribution in [3.05, 3.63) is 64.2 Å². The number of rotatable bonds is 4. The second-order valence-electron chi connectivity index (χ2n) is 4.50. The van der Waals surface area contributed by atoms with Gasteiger partial charge in [-0.1, -0.05) is 35.9 Å². The highest BCUT2D eigenvalue weighted by Gasteiger charge is 2.10. The van der Waals surface area contributed by atoms with Crippen LogP contribution in [0.4, 0.5) is 5.69 Å². The average Bonchev–Trinajstić information content (AvgIpc) is 2.47. The molecular formula is C16H17ClN2O. The second kappa shape index (κ2) is 6.44. The van der Waals surface area contributed by atoms with Gasteiger partial charge in [0.15, 0.2) is 0 Å². The number of hydrogen-bond acceptors (Lipinski definition) is 2. The number of halogens is 1. The van der Waals surface area contributed by atoms with E-state index >= 15 is 0 Å². The van der Waals surface area contributed by atoms with Crippen molar-refractivity contribution in [2.45, 2.75) is 13.5 Å². The van der Waals surface area contributed by atoms with Gasteiger partial charge >= 0.3 is 0 Å². The lowest BCUT2D eigenvalue weighted by molar-refractivity contribution is 0.0962. The molecule has 0 saturated carbocycles. The average molecular weight is 289 g/mol. The predicted octanol–water partition coefficient (Wildman–Crippen LogP) is 3.62. The SMILES string of the molecule is CNC(=O)c1cccc(NCc2ccccc2Cl)c1C. The second-order valence-corrected chi connectivity index (χ2v) is 4.91. The van der Waals surface area contributed by atoms with Crippen LogP contribution in [0.15, 0.2) is 42.5 Å². The fourth-order valence-corrected chi connectivity index (χ4v) is 2.24. The van der Waals surface area contributed by atoms with Gasteiger partial charge in [-0.25, -0.2) is 0 Å². The molecule has 2 N–H and O–H groups in total. The lowest BCUT2D eigenvalue weighted by atomic mass is 10.1. The Kier molecular flexibility index (Phi) is 4.64. The zero-order valence-electron chi connectivity index (χ0n) is 11.5. The summed E-state index contributed by atoms with van der Waals surface area (Å²) in [6.07, 6.45) is 0. The highest BCUT2D eigenvalue weighted by atomic mass is 35.5. The maximum atomic E-state index is 11.8. The Morgan fingerprint density at radius 2 is 1.90 bits per heavy atom. The zero-order valence-corrected chi connectivity index (χ0v) is 12.3. The topological polar surface area (TPSA) is 41.1 Å². The fraction of sp³-hybridized carbons (Fsp3) is 0.188. The van der Waals surface area contributed by atoms with Gasteiger partial charge in [-0.2, -0.15) is 0 Å². The first-order valence-corrected chi connectivity index (χ1v) is 6.80. The summed E-state index contributed by atoms with van der Waals surface area (Å²) in [6.45, 7) is 2.55. The zero-order chi connectivity index (χ0) is 14.5. The first kappa shape index (κ1) is 14.4. The van der Waals surface area contributed by atoms with E-state index in [1.165, 1.54) is 0 Å². The van der Waals surface area contributed by atoms with Crippen LogP contribution in [0.5, 0.6) is 0 Å². The lowest BCUT2D eigenvalue weighted by Gasteiger charge is -2.13. The molecule has 2 rings (SSSR count). The number of benzene rings is 2. The largest absolute Gasteiger partial charge is 0.381 e. The van der Waals surface area contributed by atoms with Crippen LogP contribution in [0.25, 0.3) is 0 Å². The van der Waals surface area contributed by atoms with Crippen LogP contribution in [-0.4, -0.2) is 13.0 Å². The lowest BCUT2D eigenvalue weighted by Crippen LogP contribution is -2.19. The van der Waals surface area contributed by atoms with Crippen LogP contribution in [0.1, 0.15) is 21.5 Å². The van der Waals surface area contributed by atoms with Gasteiger partial charge in [0.25, 0.3) is 5.91 Å². The van der Waals surface area contributed by atoms with Crippen molar-refractivity contribution in [2.75, 3.05) is 12.4 Å². The van der Waals surface area contributed by atoms with Crippen LogP contribution in [0.3, 0.4) is 0 Å². The summed E-state index contributed by atoms with van der Waals surface area (Å²) in [6, 6.07) is 13.3. The standard InChI is InChI=1S/C16H17ClN2O/c1-11-13(16(20)18-2)7-5-9-15(11)19-10-12-6-3-4-8-14(12)17/h3-9,19H,10H2,1-2H3,(H,18,20). The molecule has 3 nitrogen and oxygen atoms in total. The quantitative estimate of drug-likeness (QED) is 0.902. The Labute approximate surface area is 124 Å². The first-order chi connectivity index (χ1) is 9.63. The van der Waals surface area contributed by atoms with E-state index in [1.54, 1.807) is 7.05 Å². The molecular weight excluding hydrogens is 272 g/mol. The summed E-state index contributed by atoms with van der Waals surface area (Å²) in [5.74, 6) is -0.0797. The third-order valence-electron chi connectivity index (χ3n) is 3.23. The van der Waals surface area contributed by atoms with Crippen molar-refractivity contribution in [1.82, 2.24) is 5.32 Å². The Bertz CT molecular complexity index is 626. The summed E-state index contributed by atoms with van der Waals surface area (Å²) in [5.41, 5.74) is 3.57. The predicted molar refractivity (Wildman–Crippen MR) is 83.3 cm³/mol. The van der Waals surface area contributed by atoms with E-state index in [9.17, 15) is 4.79 Å². The molecule has 104 valence electrons. The number of carbonyl (C=O) groups excluding carboxylic acids is 1. The van der Waals surface area contributed by atoms with Crippen molar-refractivity contribution in [3.63, 3.8) is 0 Å². The molecule has 0 saturated heterocycles. The Morgan fingerprint density at radius 1 is 1.15 bits per heavy atom. The van der Waals surface area contributed by atoms with Crippen molar-refractivity contribution in [3.8, 4) is 0 Å². The van der Waals surface area contributed by atoms with Crippen molar-refractivity contribution in [1.29, 1.82) is 0 Å². The van der Waals surface area contributed by atoms with E-state index in [1.807, 2.05) is 49.4 Å². The summed E-state index contributed by atoms with van der Waals surface area (Å²) in [4.78, 5) is 11.8. The Hall–Kier alpha value is -2.00. The van der Waals surface area contributed by atoms with Gasteiger partial charge in [0.05, 0.1) is 0 Å². The van der Waals surface area contributed by atoms with E-state index in [-0.39, 0.29) is 5.91 Å². The molecule has 0 heterocycles. The van der Waals surface area contributed by atoms with Gasteiger partial charge in [-0.3, -0.25) is 4.79 Å². The molecule has 20 heavy (non-hydrogen) atoms. The van der Waals surface area contributed by atoms with Crippen molar-refractivity contribution in [2.24, 2.45) is 0 Å². The third kappa shape index (κ3) is 3.11. The molecule has 2 aromatic rings. The van der Waals surface area contributed by atoms with Crippen LogP contribution in [0, 0.1) is 6.92 Å². The molecule has 2 aromatic carbocycles. The molecule has 1 amide bonds. The molecule has 0 aliphatic carbocycles. The monoisotopic (exact) mass is 288 g/mol. The molecule has 0 spiro atoms.